The summed E-state index contributed by atoms with van der Waals surface area (Å²) < 4.78 is 16.6. The van der Waals surface area contributed by atoms with E-state index in [1.165, 1.54) is 10.4 Å². The zero-order valence-electron chi connectivity index (χ0n) is 19.5. The number of carbonyl (C=O) groups is 1. The lowest BCUT2D eigenvalue weighted by Crippen LogP contribution is -2.48. The van der Waals surface area contributed by atoms with E-state index in [1.807, 2.05) is 29.2 Å². The van der Waals surface area contributed by atoms with Crippen LogP contribution in [0.15, 0.2) is 35.7 Å². The minimum Gasteiger partial charge on any atom is -0.497 e. The molecule has 34 heavy (non-hydrogen) atoms. The average Bonchev–Trinajstić information content (AvgIpc) is 3.59. The van der Waals surface area contributed by atoms with Crippen molar-refractivity contribution >= 4 is 17.2 Å². The Balaban J connectivity index is 1.41. The van der Waals surface area contributed by atoms with E-state index in [0.717, 1.165) is 30.8 Å². The second kappa shape index (κ2) is 11.7. The van der Waals surface area contributed by atoms with Crippen molar-refractivity contribution in [2.24, 2.45) is 0 Å². The molecule has 1 amide bonds. The maximum Gasteiger partial charge on any atom is 0.237 e. The summed E-state index contributed by atoms with van der Waals surface area (Å²) in [6, 6.07) is 9.77. The molecule has 0 bridgehead atoms. The van der Waals surface area contributed by atoms with Crippen LogP contribution in [0.1, 0.15) is 29.3 Å². The number of aliphatic hydroxyl groups excluding tert-OH is 1. The second-order valence-corrected chi connectivity index (χ2v) is 9.67. The standard InChI is InChI=1S/C26H32N2O5S/c1-3-13-32-17-20(29)15-27(19-4-5-19)16-26(30)28-12-10-25-23(11-14-34-25)24(28)18-33-22-8-6-21(31-2)7-9-22/h1,6-9,11,14,19-20,24,29H,4-5,10,12-13,15-18H2,2H3/t20-,24+/m0/s1. The molecule has 182 valence electrons. The first-order chi connectivity index (χ1) is 16.6. The molecule has 1 aliphatic carbocycles. The first-order valence-electron chi connectivity index (χ1n) is 11.6. The molecule has 1 aromatic heterocycles. The third-order valence-electron chi connectivity index (χ3n) is 6.23. The van der Waals surface area contributed by atoms with E-state index in [0.29, 0.717) is 25.7 Å². The number of benzene rings is 1. The topological polar surface area (TPSA) is 71.5 Å². The number of thiophene rings is 1. The zero-order chi connectivity index (χ0) is 23.9. The van der Waals surface area contributed by atoms with Crippen LogP contribution >= 0.6 is 11.3 Å². The fourth-order valence-corrected chi connectivity index (χ4v) is 5.27. The van der Waals surface area contributed by atoms with Crippen LogP contribution in [0.25, 0.3) is 0 Å². The molecule has 4 rings (SSSR count). The molecule has 0 radical (unpaired) electrons. The highest BCUT2D eigenvalue weighted by Crippen LogP contribution is 2.35. The molecule has 2 atom stereocenters. The second-order valence-electron chi connectivity index (χ2n) is 8.67. The number of methoxy groups -OCH3 is 1. The van der Waals surface area contributed by atoms with E-state index in [9.17, 15) is 9.90 Å². The van der Waals surface area contributed by atoms with Gasteiger partial charge >= 0.3 is 0 Å². The van der Waals surface area contributed by atoms with Gasteiger partial charge in [0.25, 0.3) is 0 Å². The van der Waals surface area contributed by atoms with E-state index < -0.39 is 6.10 Å². The minimum atomic E-state index is -0.680. The van der Waals surface area contributed by atoms with Gasteiger partial charge in [0.2, 0.25) is 5.91 Å². The van der Waals surface area contributed by atoms with E-state index >= 15 is 0 Å². The summed E-state index contributed by atoms with van der Waals surface area (Å²) in [6.07, 6.45) is 7.47. The Morgan fingerprint density at radius 3 is 2.76 bits per heavy atom. The molecule has 2 aliphatic rings. The molecule has 1 aromatic carbocycles. The Hall–Kier alpha value is -2.57. The van der Waals surface area contributed by atoms with Gasteiger partial charge in [-0.2, -0.15) is 0 Å². The van der Waals surface area contributed by atoms with Crippen LogP contribution in [0.2, 0.25) is 0 Å². The van der Waals surface area contributed by atoms with Crippen LogP contribution in [0.5, 0.6) is 11.5 Å². The van der Waals surface area contributed by atoms with E-state index in [4.69, 9.17) is 20.6 Å². The molecule has 1 N–H and O–H groups in total. The van der Waals surface area contributed by atoms with Crippen LogP contribution < -0.4 is 9.47 Å². The van der Waals surface area contributed by atoms with Gasteiger partial charge in [-0.3, -0.25) is 9.69 Å². The van der Waals surface area contributed by atoms with Crippen molar-refractivity contribution in [3.8, 4) is 23.8 Å². The molecular weight excluding hydrogens is 452 g/mol. The number of nitrogens with zero attached hydrogens (tertiary/aromatic N) is 2. The lowest BCUT2D eigenvalue weighted by Gasteiger charge is -2.37. The molecule has 0 spiro atoms. The largest absolute Gasteiger partial charge is 0.497 e. The number of carbonyl (C=O) groups excluding carboxylic acids is 1. The molecule has 7 nitrogen and oxygen atoms in total. The van der Waals surface area contributed by atoms with Crippen molar-refractivity contribution in [3.05, 3.63) is 46.2 Å². The van der Waals surface area contributed by atoms with Gasteiger partial charge in [-0.05, 0) is 60.5 Å². The summed E-state index contributed by atoms with van der Waals surface area (Å²) in [5.41, 5.74) is 1.17. The number of aliphatic hydroxyl groups is 1. The monoisotopic (exact) mass is 484 g/mol. The number of ether oxygens (including phenoxy) is 3. The molecule has 1 aliphatic heterocycles. The maximum absolute atomic E-state index is 13.5. The van der Waals surface area contributed by atoms with E-state index in [2.05, 4.69) is 22.3 Å². The van der Waals surface area contributed by atoms with Gasteiger partial charge in [0.1, 0.15) is 24.7 Å². The molecular formula is C26H32N2O5S. The molecule has 2 heterocycles. The highest BCUT2D eigenvalue weighted by atomic mass is 32.1. The van der Waals surface area contributed by atoms with Crippen molar-refractivity contribution in [2.75, 3.05) is 46.6 Å². The van der Waals surface area contributed by atoms with Gasteiger partial charge in [0.15, 0.2) is 0 Å². The van der Waals surface area contributed by atoms with Crippen LogP contribution in [-0.4, -0.2) is 79.5 Å². The number of terminal acetylenes is 1. The lowest BCUT2D eigenvalue weighted by molar-refractivity contribution is -0.136. The molecule has 1 saturated carbocycles. The summed E-state index contributed by atoms with van der Waals surface area (Å²) in [5.74, 6) is 3.97. The number of hydrogen-bond donors (Lipinski definition) is 1. The van der Waals surface area contributed by atoms with Gasteiger partial charge < -0.3 is 24.2 Å². The van der Waals surface area contributed by atoms with Crippen molar-refractivity contribution in [3.63, 3.8) is 0 Å². The summed E-state index contributed by atoms with van der Waals surface area (Å²) in [7, 11) is 1.63. The zero-order valence-corrected chi connectivity index (χ0v) is 20.3. The Morgan fingerprint density at radius 1 is 1.29 bits per heavy atom. The fraction of sp³-hybridized carbons (Fsp3) is 0.500. The Labute approximate surface area is 205 Å². The Morgan fingerprint density at radius 2 is 2.06 bits per heavy atom. The molecule has 2 aromatic rings. The highest BCUT2D eigenvalue weighted by Gasteiger charge is 2.36. The van der Waals surface area contributed by atoms with E-state index in [1.54, 1.807) is 18.4 Å². The minimum absolute atomic E-state index is 0.0591. The Kier molecular flexibility index (Phi) is 8.46. The molecule has 0 saturated heterocycles. The number of amides is 1. The number of rotatable bonds is 12. The van der Waals surface area contributed by atoms with Gasteiger partial charge in [0, 0.05) is 24.0 Å². The summed E-state index contributed by atoms with van der Waals surface area (Å²) in [4.78, 5) is 18.8. The SMILES string of the molecule is C#CCOC[C@@H](O)CN(CC(=O)N1CCc2sccc2[C@H]1COc1ccc(OC)cc1)C1CC1. The first kappa shape index (κ1) is 24.6. The van der Waals surface area contributed by atoms with Gasteiger partial charge in [0.05, 0.1) is 32.4 Å². The van der Waals surface area contributed by atoms with Gasteiger partial charge in [-0.15, -0.1) is 17.8 Å². The molecule has 1 fully saturated rings. The normalized spacial score (nSPS) is 18.3. The van der Waals surface area contributed by atoms with E-state index in [-0.39, 0.29) is 31.7 Å². The van der Waals surface area contributed by atoms with Gasteiger partial charge in [-0.1, -0.05) is 5.92 Å². The van der Waals surface area contributed by atoms with Crippen LogP contribution in [0, 0.1) is 12.3 Å². The highest BCUT2D eigenvalue weighted by molar-refractivity contribution is 7.10. The van der Waals surface area contributed by atoms with Crippen molar-refractivity contribution < 1.29 is 24.1 Å². The smallest absolute Gasteiger partial charge is 0.237 e. The fourth-order valence-electron chi connectivity index (χ4n) is 4.35. The summed E-state index contributed by atoms with van der Waals surface area (Å²) in [6.45, 7) is 2.05. The van der Waals surface area contributed by atoms with Gasteiger partial charge in [-0.25, -0.2) is 0 Å². The van der Waals surface area contributed by atoms with Crippen LogP contribution in [0.4, 0.5) is 0 Å². The molecule has 0 unspecified atom stereocenters. The maximum atomic E-state index is 13.5. The first-order valence-corrected chi connectivity index (χ1v) is 12.5. The lowest BCUT2D eigenvalue weighted by atomic mass is 10.0. The summed E-state index contributed by atoms with van der Waals surface area (Å²) in [5, 5.41) is 12.4. The van der Waals surface area contributed by atoms with Crippen molar-refractivity contribution in [1.29, 1.82) is 0 Å². The third-order valence-corrected chi connectivity index (χ3v) is 7.22. The molecule has 8 heteroatoms. The number of hydrogen-bond acceptors (Lipinski definition) is 7. The average molecular weight is 485 g/mol. The summed E-state index contributed by atoms with van der Waals surface area (Å²) >= 11 is 1.73. The predicted octanol–water partition coefficient (Wildman–Crippen LogP) is 2.74. The quantitative estimate of drug-likeness (QED) is 0.369. The number of fused-ring (bicyclic) bond motifs is 1. The van der Waals surface area contributed by atoms with Crippen LogP contribution in [0.3, 0.4) is 0 Å². The van der Waals surface area contributed by atoms with Crippen molar-refractivity contribution in [1.82, 2.24) is 9.80 Å². The third kappa shape index (κ3) is 6.30. The van der Waals surface area contributed by atoms with Crippen molar-refractivity contribution in [2.45, 2.75) is 37.5 Å². The Bertz CT molecular complexity index is 982. The predicted molar refractivity (Wildman–Crippen MR) is 131 cm³/mol. The van der Waals surface area contributed by atoms with Crippen LogP contribution in [-0.2, 0) is 16.0 Å².